The Morgan fingerprint density at radius 3 is 2.50 bits per heavy atom. The third-order valence-electron chi connectivity index (χ3n) is 3.05. The molecule has 1 N–H and O–H groups in total. The van der Waals surface area contributed by atoms with Gasteiger partial charge in [-0.3, -0.25) is 9.59 Å². The number of carbonyl (C=O) groups is 1. The number of benzene rings is 1. The summed E-state index contributed by atoms with van der Waals surface area (Å²) in [6.07, 6.45) is -4.45. The normalized spacial score (nSPS) is 12.5. The predicted molar refractivity (Wildman–Crippen MR) is 81.9 cm³/mol. The lowest BCUT2D eigenvalue weighted by atomic mass is 10.3. The number of amides is 1. The first kappa shape index (κ1) is 17.6. The molecule has 0 saturated carbocycles. The van der Waals surface area contributed by atoms with Gasteiger partial charge in [-0.1, -0.05) is 18.2 Å². The van der Waals surface area contributed by atoms with Gasteiger partial charge < -0.3 is 14.6 Å². The van der Waals surface area contributed by atoms with Gasteiger partial charge in [0.05, 0.1) is 0 Å². The number of carbonyl (C=O) groups excluding carboxylic acids is 1. The van der Waals surface area contributed by atoms with Crippen LogP contribution in [0, 0.1) is 0 Å². The Morgan fingerprint density at radius 1 is 1.21 bits per heavy atom. The van der Waals surface area contributed by atoms with Crippen LogP contribution in [0.5, 0.6) is 5.75 Å². The Labute approximate surface area is 135 Å². The summed E-state index contributed by atoms with van der Waals surface area (Å²) in [5.74, 6) is -0.177. The molecule has 0 spiro atoms. The van der Waals surface area contributed by atoms with E-state index in [9.17, 15) is 22.8 Å². The van der Waals surface area contributed by atoms with E-state index in [1.165, 1.54) is 19.1 Å². The van der Waals surface area contributed by atoms with Crippen molar-refractivity contribution >= 4 is 11.6 Å². The molecule has 8 heteroatoms. The van der Waals surface area contributed by atoms with Crippen LogP contribution in [0.4, 0.5) is 18.9 Å². The highest BCUT2D eigenvalue weighted by Crippen LogP contribution is 2.17. The van der Waals surface area contributed by atoms with Crippen molar-refractivity contribution in [2.45, 2.75) is 25.7 Å². The second-order valence-corrected chi connectivity index (χ2v) is 5.03. The number of pyridine rings is 1. The molecular formula is C16H15F3N2O3. The first-order valence-electron chi connectivity index (χ1n) is 7.05. The molecule has 0 aliphatic carbocycles. The van der Waals surface area contributed by atoms with Crippen LogP contribution in [0.25, 0.3) is 0 Å². The van der Waals surface area contributed by atoms with Crippen molar-refractivity contribution in [2.75, 3.05) is 5.32 Å². The highest BCUT2D eigenvalue weighted by molar-refractivity contribution is 5.93. The molecule has 0 bridgehead atoms. The zero-order valence-electron chi connectivity index (χ0n) is 12.7. The summed E-state index contributed by atoms with van der Waals surface area (Å²) in [6, 6.07) is 11.0. The fourth-order valence-electron chi connectivity index (χ4n) is 1.94. The molecule has 1 heterocycles. The van der Waals surface area contributed by atoms with E-state index in [1.54, 1.807) is 30.3 Å². The predicted octanol–water partition coefficient (Wildman–Crippen LogP) is 2.82. The molecule has 0 fully saturated rings. The van der Waals surface area contributed by atoms with Crippen molar-refractivity contribution in [2.24, 2.45) is 0 Å². The van der Waals surface area contributed by atoms with Gasteiger partial charge in [0.2, 0.25) is 0 Å². The molecule has 5 nitrogen and oxygen atoms in total. The SMILES string of the molecule is CC(Oc1ccccc1)C(=O)Nc1cccn(CC(F)(F)F)c1=O. The molecule has 1 aromatic heterocycles. The van der Waals surface area contributed by atoms with Gasteiger partial charge in [-0.2, -0.15) is 13.2 Å². The lowest BCUT2D eigenvalue weighted by Gasteiger charge is -2.15. The third kappa shape index (κ3) is 4.87. The first-order valence-corrected chi connectivity index (χ1v) is 7.05. The fourth-order valence-corrected chi connectivity index (χ4v) is 1.94. The van der Waals surface area contributed by atoms with Crippen molar-refractivity contribution in [1.29, 1.82) is 0 Å². The highest BCUT2D eigenvalue weighted by atomic mass is 19.4. The third-order valence-corrected chi connectivity index (χ3v) is 3.05. The van der Waals surface area contributed by atoms with Crippen LogP contribution in [0.2, 0.25) is 0 Å². The number of nitrogens with one attached hydrogen (secondary N) is 1. The Morgan fingerprint density at radius 2 is 1.88 bits per heavy atom. The highest BCUT2D eigenvalue weighted by Gasteiger charge is 2.28. The lowest BCUT2D eigenvalue weighted by molar-refractivity contribution is -0.141. The zero-order valence-corrected chi connectivity index (χ0v) is 12.7. The number of hydrogen-bond donors (Lipinski definition) is 1. The Bertz CT molecular complexity index is 757. The molecule has 0 aliphatic heterocycles. The van der Waals surface area contributed by atoms with E-state index in [0.29, 0.717) is 10.3 Å². The molecular weight excluding hydrogens is 325 g/mol. The Balaban J connectivity index is 2.09. The summed E-state index contributed by atoms with van der Waals surface area (Å²) in [5, 5.41) is 2.29. The van der Waals surface area contributed by atoms with Gasteiger partial charge in [-0.25, -0.2) is 0 Å². The Kier molecular flexibility index (Phi) is 5.28. The van der Waals surface area contributed by atoms with Crippen molar-refractivity contribution in [3.05, 3.63) is 59.0 Å². The van der Waals surface area contributed by atoms with E-state index in [0.717, 1.165) is 6.20 Å². The van der Waals surface area contributed by atoms with Crippen LogP contribution >= 0.6 is 0 Å². The number of nitrogens with zero attached hydrogens (tertiary/aromatic N) is 1. The minimum absolute atomic E-state index is 0.240. The average molecular weight is 340 g/mol. The number of aromatic nitrogens is 1. The largest absolute Gasteiger partial charge is 0.481 e. The van der Waals surface area contributed by atoms with Crippen molar-refractivity contribution < 1.29 is 22.7 Å². The van der Waals surface area contributed by atoms with Gasteiger partial charge in [-0.05, 0) is 31.2 Å². The number of ether oxygens (including phenoxy) is 1. The standard InChI is InChI=1S/C16H15F3N2O3/c1-11(24-12-6-3-2-4-7-12)14(22)20-13-8-5-9-21(15(13)23)10-16(17,18)19/h2-9,11H,10H2,1H3,(H,20,22). The van der Waals surface area contributed by atoms with E-state index < -0.39 is 30.3 Å². The molecule has 1 unspecified atom stereocenters. The minimum atomic E-state index is -4.53. The van der Waals surface area contributed by atoms with Crippen LogP contribution in [-0.4, -0.2) is 22.8 Å². The number of para-hydroxylation sites is 1. The molecule has 1 aromatic carbocycles. The summed E-state index contributed by atoms with van der Waals surface area (Å²) in [6.45, 7) is 0.0468. The number of alkyl halides is 3. The lowest BCUT2D eigenvalue weighted by Crippen LogP contribution is -2.34. The Hall–Kier alpha value is -2.77. The molecule has 0 saturated heterocycles. The molecule has 24 heavy (non-hydrogen) atoms. The second kappa shape index (κ2) is 7.20. The average Bonchev–Trinajstić information content (AvgIpc) is 2.51. The summed E-state index contributed by atoms with van der Waals surface area (Å²) < 4.78 is 43.1. The van der Waals surface area contributed by atoms with Crippen molar-refractivity contribution in [3.8, 4) is 5.75 Å². The molecule has 0 aliphatic rings. The molecule has 128 valence electrons. The summed E-state index contributed by atoms with van der Waals surface area (Å²) >= 11 is 0. The van der Waals surface area contributed by atoms with E-state index in [-0.39, 0.29) is 5.69 Å². The number of rotatable bonds is 5. The van der Waals surface area contributed by atoms with Crippen molar-refractivity contribution in [3.63, 3.8) is 0 Å². The summed E-state index contributed by atoms with van der Waals surface area (Å²) in [4.78, 5) is 24.0. The maximum absolute atomic E-state index is 12.4. The zero-order chi connectivity index (χ0) is 17.7. The van der Waals surface area contributed by atoms with Gasteiger partial charge in [0.25, 0.3) is 11.5 Å². The van der Waals surface area contributed by atoms with Crippen LogP contribution in [0.3, 0.4) is 0 Å². The number of hydrogen-bond acceptors (Lipinski definition) is 3. The maximum atomic E-state index is 12.4. The van der Waals surface area contributed by atoms with E-state index >= 15 is 0 Å². The van der Waals surface area contributed by atoms with Gasteiger partial charge in [0.15, 0.2) is 6.10 Å². The summed E-state index contributed by atoms with van der Waals surface area (Å²) in [7, 11) is 0. The smallest absolute Gasteiger partial charge is 0.406 e. The van der Waals surface area contributed by atoms with Crippen LogP contribution in [0.15, 0.2) is 53.5 Å². The van der Waals surface area contributed by atoms with Crippen LogP contribution < -0.4 is 15.6 Å². The second-order valence-electron chi connectivity index (χ2n) is 5.03. The van der Waals surface area contributed by atoms with Crippen LogP contribution in [0.1, 0.15) is 6.92 Å². The first-order chi connectivity index (χ1) is 11.3. The minimum Gasteiger partial charge on any atom is -0.481 e. The fraction of sp³-hybridized carbons (Fsp3) is 0.250. The number of halogens is 3. The quantitative estimate of drug-likeness (QED) is 0.910. The van der Waals surface area contributed by atoms with Crippen molar-refractivity contribution in [1.82, 2.24) is 4.57 Å². The molecule has 0 radical (unpaired) electrons. The maximum Gasteiger partial charge on any atom is 0.406 e. The van der Waals surface area contributed by atoms with E-state index in [4.69, 9.17) is 4.74 Å². The molecule has 1 amide bonds. The van der Waals surface area contributed by atoms with Gasteiger partial charge in [0.1, 0.15) is 18.0 Å². The number of anilines is 1. The topological polar surface area (TPSA) is 60.3 Å². The molecule has 2 rings (SSSR count). The van der Waals surface area contributed by atoms with Crippen LogP contribution in [-0.2, 0) is 11.3 Å². The van der Waals surface area contributed by atoms with Gasteiger partial charge in [-0.15, -0.1) is 0 Å². The van der Waals surface area contributed by atoms with Gasteiger partial charge in [0, 0.05) is 6.20 Å². The van der Waals surface area contributed by atoms with E-state index in [2.05, 4.69) is 5.32 Å². The monoisotopic (exact) mass is 340 g/mol. The summed E-state index contributed by atoms with van der Waals surface area (Å²) in [5.41, 5.74) is -1.18. The molecule has 1 atom stereocenters. The molecule has 2 aromatic rings. The van der Waals surface area contributed by atoms with E-state index in [1.807, 2.05) is 0 Å². The van der Waals surface area contributed by atoms with Gasteiger partial charge >= 0.3 is 6.18 Å².